The van der Waals surface area contributed by atoms with Crippen LogP contribution in [0.2, 0.25) is 0 Å². The Morgan fingerprint density at radius 3 is 2.88 bits per heavy atom. The molecule has 0 N–H and O–H groups in total. The molecule has 0 saturated heterocycles. The molecule has 2 nitrogen and oxygen atoms in total. The lowest BCUT2D eigenvalue weighted by molar-refractivity contribution is 0.814. The van der Waals surface area contributed by atoms with Gasteiger partial charge in [-0.3, -0.25) is 0 Å². The summed E-state index contributed by atoms with van der Waals surface area (Å²) < 4.78 is 0. The number of hydrogen-bond donors (Lipinski definition) is 0. The predicted octanol–water partition coefficient (Wildman–Crippen LogP) is 3.24. The van der Waals surface area contributed by atoms with Crippen LogP contribution in [0.5, 0.6) is 0 Å². The molecule has 1 aliphatic rings. The number of benzene rings is 1. The maximum atomic E-state index is 9.02. The fourth-order valence-corrected chi connectivity index (χ4v) is 3.08. The smallest absolute Gasteiger partial charge is 0.126 e. The first-order valence-electron chi connectivity index (χ1n) is 5.52. The van der Waals surface area contributed by atoms with Gasteiger partial charge in [-0.2, -0.15) is 5.26 Å². The van der Waals surface area contributed by atoms with Gasteiger partial charge in [0.1, 0.15) is 6.04 Å². The minimum Gasteiger partial charge on any atom is -0.357 e. The monoisotopic (exact) mass is 232 g/mol. The van der Waals surface area contributed by atoms with Crippen molar-refractivity contribution in [2.24, 2.45) is 0 Å². The Morgan fingerprint density at radius 1 is 1.50 bits per heavy atom. The summed E-state index contributed by atoms with van der Waals surface area (Å²) >= 11 is 1.79. The summed E-state index contributed by atoms with van der Waals surface area (Å²) in [5.41, 5.74) is 2.56. The van der Waals surface area contributed by atoms with E-state index in [1.165, 1.54) is 16.1 Å². The fourth-order valence-electron chi connectivity index (χ4n) is 1.87. The van der Waals surface area contributed by atoms with Crippen LogP contribution in [0.3, 0.4) is 0 Å². The Morgan fingerprint density at radius 2 is 2.25 bits per heavy atom. The van der Waals surface area contributed by atoms with E-state index < -0.39 is 0 Å². The van der Waals surface area contributed by atoms with Gasteiger partial charge in [-0.25, -0.2) is 0 Å². The molecule has 0 fully saturated rings. The fraction of sp³-hybridized carbons (Fsp3) is 0.462. The third-order valence-corrected chi connectivity index (χ3v) is 4.16. The van der Waals surface area contributed by atoms with E-state index in [1.54, 1.807) is 11.8 Å². The maximum absolute atomic E-state index is 9.02. The van der Waals surface area contributed by atoms with Crippen molar-refractivity contribution in [2.45, 2.75) is 30.7 Å². The van der Waals surface area contributed by atoms with E-state index in [9.17, 15) is 0 Å². The van der Waals surface area contributed by atoms with Crippen molar-refractivity contribution in [3.8, 4) is 6.07 Å². The lowest BCUT2D eigenvalue weighted by Gasteiger charge is -2.31. The zero-order chi connectivity index (χ0) is 11.7. The quantitative estimate of drug-likeness (QED) is 0.743. The summed E-state index contributed by atoms with van der Waals surface area (Å²) in [5.74, 6) is 1.42. The molecule has 1 aliphatic heterocycles. The molecule has 1 unspecified atom stereocenters. The molecule has 0 radical (unpaired) electrons. The summed E-state index contributed by atoms with van der Waals surface area (Å²) in [6, 6.07) is 8.90. The van der Waals surface area contributed by atoms with Crippen LogP contribution in [0.25, 0.3) is 0 Å². The molecule has 1 heterocycles. The molecule has 1 aromatic rings. The molecule has 0 saturated carbocycles. The van der Waals surface area contributed by atoms with Crippen LogP contribution in [-0.2, 0) is 0 Å². The van der Waals surface area contributed by atoms with Crippen LogP contribution >= 0.6 is 11.8 Å². The molecule has 0 amide bonds. The van der Waals surface area contributed by atoms with Crippen molar-refractivity contribution in [1.29, 1.82) is 5.26 Å². The van der Waals surface area contributed by atoms with Crippen LogP contribution < -0.4 is 4.90 Å². The number of hydrogen-bond acceptors (Lipinski definition) is 3. The van der Waals surface area contributed by atoms with E-state index in [4.69, 9.17) is 5.26 Å². The van der Waals surface area contributed by atoms with E-state index in [0.717, 1.165) is 5.75 Å². The minimum atomic E-state index is 0.00222. The Bertz CT molecular complexity index is 434. The van der Waals surface area contributed by atoms with Gasteiger partial charge in [-0.1, -0.05) is 19.9 Å². The van der Waals surface area contributed by atoms with Crippen molar-refractivity contribution in [3.63, 3.8) is 0 Å². The highest BCUT2D eigenvalue weighted by molar-refractivity contribution is 7.99. The summed E-state index contributed by atoms with van der Waals surface area (Å²) in [4.78, 5) is 3.39. The van der Waals surface area contributed by atoms with Crippen molar-refractivity contribution in [1.82, 2.24) is 0 Å². The number of nitriles is 1. The number of nitrogens with zero attached hydrogens (tertiary/aromatic N) is 2. The van der Waals surface area contributed by atoms with E-state index >= 15 is 0 Å². The van der Waals surface area contributed by atoms with E-state index in [2.05, 4.69) is 43.0 Å². The zero-order valence-corrected chi connectivity index (χ0v) is 10.7. The lowest BCUT2D eigenvalue weighted by Crippen LogP contribution is -2.35. The SMILES string of the molecule is CC(C)c1ccc2c(c1)SCC(C#N)N2C. The normalized spacial score (nSPS) is 19.4. The number of fused-ring (bicyclic) bond motifs is 1. The Labute approximate surface area is 101 Å². The van der Waals surface area contributed by atoms with Gasteiger partial charge < -0.3 is 4.90 Å². The highest BCUT2D eigenvalue weighted by Gasteiger charge is 2.23. The summed E-state index contributed by atoms with van der Waals surface area (Å²) in [6.45, 7) is 4.41. The number of rotatable bonds is 1. The van der Waals surface area contributed by atoms with Crippen molar-refractivity contribution < 1.29 is 0 Å². The van der Waals surface area contributed by atoms with Gasteiger partial charge >= 0.3 is 0 Å². The van der Waals surface area contributed by atoms with Crippen molar-refractivity contribution in [3.05, 3.63) is 23.8 Å². The summed E-state index contributed by atoms with van der Waals surface area (Å²) in [7, 11) is 2.00. The minimum absolute atomic E-state index is 0.00222. The molecule has 0 spiro atoms. The summed E-state index contributed by atoms with van der Waals surface area (Å²) in [6.07, 6.45) is 0. The zero-order valence-electron chi connectivity index (χ0n) is 9.90. The van der Waals surface area contributed by atoms with E-state index in [1.807, 2.05) is 7.05 Å². The first-order chi connectivity index (χ1) is 7.63. The van der Waals surface area contributed by atoms with Gasteiger partial charge in [-0.05, 0) is 23.6 Å². The summed E-state index contributed by atoms with van der Waals surface area (Å²) in [5, 5.41) is 9.02. The third-order valence-electron chi connectivity index (χ3n) is 3.04. The third kappa shape index (κ3) is 1.90. The molecule has 0 aliphatic carbocycles. The largest absolute Gasteiger partial charge is 0.357 e. The van der Waals surface area contributed by atoms with Gasteiger partial charge in [-0.15, -0.1) is 11.8 Å². The second kappa shape index (κ2) is 4.39. The Balaban J connectivity index is 2.38. The maximum Gasteiger partial charge on any atom is 0.126 e. The van der Waals surface area contributed by atoms with Crippen LogP contribution in [0.1, 0.15) is 25.3 Å². The second-order valence-corrected chi connectivity index (χ2v) is 5.51. The van der Waals surface area contributed by atoms with E-state index in [-0.39, 0.29) is 6.04 Å². The molecule has 0 bridgehead atoms. The molecular weight excluding hydrogens is 216 g/mol. The first-order valence-corrected chi connectivity index (χ1v) is 6.51. The molecular formula is C13H16N2S. The van der Waals surface area contributed by atoms with Crippen LogP contribution in [0, 0.1) is 11.3 Å². The molecule has 2 rings (SSSR count). The topological polar surface area (TPSA) is 27.0 Å². The highest BCUT2D eigenvalue weighted by atomic mass is 32.2. The van der Waals surface area contributed by atoms with Gasteiger partial charge in [0.25, 0.3) is 0 Å². The number of anilines is 1. The molecule has 0 aromatic heterocycles. The van der Waals surface area contributed by atoms with Crippen LogP contribution in [0.4, 0.5) is 5.69 Å². The van der Waals surface area contributed by atoms with Crippen molar-refractivity contribution in [2.75, 3.05) is 17.7 Å². The Kier molecular flexibility index (Phi) is 3.11. The van der Waals surface area contributed by atoms with Gasteiger partial charge in [0, 0.05) is 17.7 Å². The van der Waals surface area contributed by atoms with Gasteiger partial charge in [0.2, 0.25) is 0 Å². The Hall–Kier alpha value is -1.14. The van der Waals surface area contributed by atoms with Gasteiger partial charge in [0.05, 0.1) is 11.8 Å². The predicted molar refractivity (Wildman–Crippen MR) is 69.1 cm³/mol. The standard InChI is InChI=1S/C13H16N2S/c1-9(2)10-4-5-12-13(6-10)16-8-11(7-14)15(12)3/h4-6,9,11H,8H2,1-3H3. The van der Waals surface area contributed by atoms with Gasteiger partial charge in [0.15, 0.2) is 0 Å². The first kappa shape index (κ1) is 11.3. The van der Waals surface area contributed by atoms with Crippen LogP contribution in [0.15, 0.2) is 23.1 Å². The molecule has 84 valence electrons. The van der Waals surface area contributed by atoms with Crippen LogP contribution in [-0.4, -0.2) is 18.8 Å². The second-order valence-electron chi connectivity index (χ2n) is 4.45. The average molecular weight is 232 g/mol. The molecule has 1 atom stereocenters. The average Bonchev–Trinajstić information content (AvgIpc) is 2.29. The molecule has 3 heteroatoms. The van der Waals surface area contributed by atoms with E-state index in [0.29, 0.717) is 5.92 Å². The number of thioether (sulfide) groups is 1. The van der Waals surface area contributed by atoms with Crippen molar-refractivity contribution >= 4 is 17.4 Å². The molecule has 16 heavy (non-hydrogen) atoms. The highest BCUT2D eigenvalue weighted by Crippen LogP contribution is 2.38. The lowest BCUT2D eigenvalue weighted by atomic mass is 10.0. The molecule has 1 aromatic carbocycles.